The third-order valence-corrected chi connectivity index (χ3v) is 3.18. The fourth-order valence-electron chi connectivity index (χ4n) is 1.41. The number of thioether (sulfide) groups is 1. The van der Waals surface area contributed by atoms with Gasteiger partial charge in [0.2, 0.25) is 0 Å². The maximum Gasteiger partial charge on any atom is 0.102 e. The number of aliphatic hydroxyl groups excluding tert-OH is 2. The van der Waals surface area contributed by atoms with Crippen molar-refractivity contribution < 1.29 is 10.2 Å². The Morgan fingerprint density at radius 3 is 2.65 bits per heavy atom. The number of hydrogen-bond donors (Lipinski definition) is 3. The molecule has 0 radical (unpaired) electrons. The van der Waals surface area contributed by atoms with Crippen LogP contribution in [0.25, 0.3) is 0 Å². The molecule has 0 spiro atoms. The summed E-state index contributed by atoms with van der Waals surface area (Å²) in [6.07, 6.45) is 0. The highest BCUT2D eigenvalue weighted by molar-refractivity contribution is 7.99. The molecule has 92 valence electrons. The van der Waals surface area contributed by atoms with E-state index in [4.69, 9.17) is 15.5 Å². The van der Waals surface area contributed by atoms with Gasteiger partial charge in [-0.25, -0.2) is 0 Å². The van der Waals surface area contributed by atoms with E-state index >= 15 is 0 Å². The van der Waals surface area contributed by atoms with Crippen LogP contribution in [0.4, 0.5) is 5.69 Å². The Balaban J connectivity index is 2.99. The summed E-state index contributed by atoms with van der Waals surface area (Å²) in [5, 5.41) is 30.1. The van der Waals surface area contributed by atoms with Crippen molar-refractivity contribution in [3.63, 3.8) is 0 Å². The summed E-state index contributed by atoms with van der Waals surface area (Å²) in [5.74, 6) is 0.890. The summed E-state index contributed by atoms with van der Waals surface area (Å²) in [5.41, 5.74) is 1.21. The smallest absolute Gasteiger partial charge is 0.102 e. The minimum atomic E-state index is -0.441. The Kier molecular flexibility index (Phi) is 5.84. The number of hydrogen-bond acceptors (Lipinski definition) is 5. The fraction of sp³-hybridized carbons (Fsp3) is 0.417. The zero-order chi connectivity index (χ0) is 12.7. The lowest BCUT2D eigenvalue weighted by Crippen LogP contribution is -2.28. The number of nitrogens with zero attached hydrogens (tertiary/aromatic N) is 1. The topological polar surface area (TPSA) is 76.3 Å². The third kappa shape index (κ3) is 3.63. The molecule has 0 saturated carbocycles. The van der Waals surface area contributed by atoms with Crippen molar-refractivity contribution in [1.29, 1.82) is 5.26 Å². The molecule has 0 amide bonds. The molecule has 4 nitrogen and oxygen atoms in total. The first kappa shape index (κ1) is 13.8. The van der Waals surface area contributed by atoms with Gasteiger partial charge in [0.15, 0.2) is 0 Å². The second-order valence-electron chi connectivity index (χ2n) is 3.43. The molecule has 0 fully saturated rings. The van der Waals surface area contributed by atoms with Crippen molar-refractivity contribution >= 4 is 17.4 Å². The number of nitriles is 1. The minimum absolute atomic E-state index is 0.174. The van der Waals surface area contributed by atoms with Crippen LogP contribution in [0.3, 0.4) is 0 Å². The number of aliphatic hydroxyl groups is 2. The highest BCUT2D eigenvalue weighted by Crippen LogP contribution is 2.28. The van der Waals surface area contributed by atoms with Crippen LogP contribution in [0.5, 0.6) is 0 Å². The van der Waals surface area contributed by atoms with Gasteiger partial charge >= 0.3 is 0 Å². The summed E-state index contributed by atoms with van der Waals surface area (Å²) in [6, 6.07) is 7.24. The lowest BCUT2D eigenvalue weighted by molar-refractivity contribution is 0.204. The standard InChI is InChI=1S/C12H16N2O2S/c1-2-17-12-5-3-4-11(10(12)6-13)14-9(7-15)8-16/h3-5,9,14-16H,2,7-8H2,1H3. The Morgan fingerprint density at radius 1 is 1.41 bits per heavy atom. The first-order chi connectivity index (χ1) is 8.26. The van der Waals surface area contributed by atoms with Gasteiger partial charge in [0.1, 0.15) is 6.07 Å². The average molecular weight is 252 g/mol. The minimum Gasteiger partial charge on any atom is -0.394 e. The molecular weight excluding hydrogens is 236 g/mol. The van der Waals surface area contributed by atoms with Gasteiger partial charge in [-0.1, -0.05) is 13.0 Å². The summed E-state index contributed by atoms with van der Waals surface area (Å²) < 4.78 is 0. The zero-order valence-corrected chi connectivity index (χ0v) is 10.5. The molecular formula is C12H16N2O2S. The van der Waals surface area contributed by atoms with Gasteiger partial charge < -0.3 is 15.5 Å². The van der Waals surface area contributed by atoms with Crippen molar-refractivity contribution in [2.24, 2.45) is 0 Å². The van der Waals surface area contributed by atoms with Crippen LogP contribution in [0, 0.1) is 11.3 Å². The Hall–Kier alpha value is -1.22. The predicted molar refractivity (Wildman–Crippen MR) is 69.1 cm³/mol. The van der Waals surface area contributed by atoms with Gasteiger partial charge in [0.25, 0.3) is 0 Å². The van der Waals surface area contributed by atoms with Crippen LogP contribution >= 0.6 is 11.8 Å². The van der Waals surface area contributed by atoms with E-state index in [1.54, 1.807) is 17.8 Å². The van der Waals surface area contributed by atoms with Crippen LogP contribution in [0.2, 0.25) is 0 Å². The van der Waals surface area contributed by atoms with Gasteiger partial charge in [0, 0.05) is 4.90 Å². The molecule has 0 saturated heterocycles. The average Bonchev–Trinajstić information content (AvgIpc) is 2.36. The molecule has 1 aromatic rings. The molecule has 17 heavy (non-hydrogen) atoms. The lowest BCUT2D eigenvalue weighted by atomic mass is 10.1. The van der Waals surface area contributed by atoms with Crippen molar-refractivity contribution in [2.45, 2.75) is 17.9 Å². The van der Waals surface area contributed by atoms with Gasteiger partial charge in [-0.05, 0) is 17.9 Å². The molecule has 5 heteroatoms. The summed E-state index contributed by atoms with van der Waals surface area (Å²) in [4.78, 5) is 0.912. The van der Waals surface area contributed by atoms with Crippen LogP contribution in [-0.2, 0) is 0 Å². The molecule has 0 bridgehead atoms. The van der Waals surface area contributed by atoms with E-state index < -0.39 is 6.04 Å². The quantitative estimate of drug-likeness (QED) is 0.668. The fourth-order valence-corrected chi connectivity index (χ4v) is 2.20. The molecule has 0 heterocycles. The highest BCUT2D eigenvalue weighted by atomic mass is 32.2. The molecule has 0 atom stereocenters. The molecule has 1 aromatic carbocycles. The summed E-state index contributed by atoms with van der Waals surface area (Å²) in [6.45, 7) is 1.68. The van der Waals surface area contributed by atoms with E-state index in [2.05, 4.69) is 11.4 Å². The number of nitrogens with one attached hydrogen (secondary N) is 1. The van der Waals surface area contributed by atoms with Crippen LogP contribution in [-0.4, -0.2) is 35.2 Å². The first-order valence-electron chi connectivity index (χ1n) is 5.41. The van der Waals surface area contributed by atoms with E-state index in [1.165, 1.54) is 0 Å². The van der Waals surface area contributed by atoms with E-state index in [0.29, 0.717) is 11.3 Å². The first-order valence-corrected chi connectivity index (χ1v) is 6.39. The van der Waals surface area contributed by atoms with Crippen molar-refractivity contribution in [3.05, 3.63) is 23.8 Å². The molecule has 0 aliphatic carbocycles. The predicted octanol–water partition coefficient (Wildman–Crippen LogP) is 1.44. The summed E-state index contributed by atoms with van der Waals surface area (Å²) >= 11 is 1.60. The molecule has 0 aliphatic heterocycles. The Morgan fingerprint density at radius 2 is 2.12 bits per heavy atom. The summed E-state index contributed by atoms with van der Waals surface area (Å²) in [7, 11) is 0. The number of anilines is 1. The van der Waals surface area contributed by atoms with Gasteiger partial charge in [-0.3, -0.25) is 0 Å². The largest absolute Gasteiger partial charge is 0.394 e. The lowest BCUT2D eigenvalue weighted by Gasteiger charge is -2.17. The van der Waals surface area contributed by atoms with Crippen LogP contribution in [0.1, 0.15) is 12.5 Å². The normalized spacial score (nSPS) is 10.3. The molecule has 0 unspecified atom stereocenters. The van der Waals surface area contributed by atoms with E-state index in [1.807, 2.05) is 19.1 Å². The van der Waals surface area contributed by atoms with Gasteiger partial charge in [0.05, 0.1) is 30.5 Å². The van der Waals surface area contributed by atoms with Crippen LogP contribution < -0.4 is 5.32 Å². The van der Waals surface area contributed by atoms with Crippen molar-refractivity contribution in [3.8, 4) is 6.07 Å². The SMILES string of the molecule is CCSc1cccc(NC(CO)CO)c1C#N. The van der Waals surface area contributed by atoms with E-state index in [9.17, 15) is 0 Å². The van der Waals surface area contributed by atoms with E-state index in [0.717, 1.165) is 10.6 Å². The van der Waals surface area contributed by atoms with E-state index in [-0.39, 0.29) is 13.2 Å². The third-order valence-electron chi connectivity index (χ3n) is 2.24. The zero-order valence-electron chi connectivity index (χ0n) is 9.68. The number of rotatable bonds is 6. The second-order valence-corrected chi connectivity index (χ2v) is 4.74. The molecule has 3 N–H and O–H groups in total. The Labute approximate surface area is 105 Å². The number of benzene rings is 1. The maximum absolute atomic E-state index is 9.16. The van der Waals surface area contributed by atoms with Gasteiger partial charge in [-0.2, -0.15) is 5.26 Å². The van der Waals surface area contributed by atoms with Gasteiger partial charge in [-0.15, -0.1) is 11.8 Å². The van der Waals surface area contributed by atoms with Crippen molar-refractivity contribution in [2.75, 3.05) is 24.3 Å². The molecule has 0 aromatic heterocycles. The maximum atomic E-state index is 9.16. The molecule has 1 rings (SSSR count). The molecule has 0 aliphatic rings. The monoisotopic (exact) mass is 252 g/mol. The second kappa shape index (κ2) is 7.17. The Bertz CT molecular complexity index is 400. The highest BCUT2D eigenvalue weighted by Gasteiger charge is 2.11. The van der Waals surface area contributed by atoms with Crippen LogP contribution in [0.15, 0.2) is 23.1 Å². The van der Waals surface area contributed by atoms with Crippen molar-refractivity contribution in [1.82, 2.24) is 0 Å².